The molecule has 1 heterocycles. The highest BCUT2D eigenvalue weighted by atomic mass is 16.6. The minimum atomic E-state index is -1.82. The van der Waals surface area contributed by atoms with Crippen molar-refractivity contribution in [3.63, 3.8) is 0 Å². The van der Waals surface area contributed by atoms with Crippen molar-refractivity contribution in [1.29, 1.82) is 0 Å². The van der Waals surface area contributed by atoms with Crippen LogP contribution in [0.3, 0.4) is 0 Å². The van der Waals surface area contributed by atoms with Gasteiger partial charge in [0.1, 0.15) is 17.5 Å². The molecule has 28 heavy (non-hydrogen) atoms. The lowest BCUT2D eigenvalue weighted by Gasteiger charge is -2.41. The summed E-state index contributed by atoms with van der Waals surface area (Å²) in [6, 6.07) is 0. The number of carbonyl (C=O) groups is 2. The summed E-state index contributed by atoms with van der Waals surface area (Å²) in [5, 5.41) is 31.3. The summed E-state index contributed by atoms with van der Waals surface area (Å²) in [5.41, 5.74) is -2.69. The molecular formula is C21H30O7. The fraction of sp³-hybridized carbons (Fsp3) is 0.619. The zero-order valence-electron chi connectivity index (χ0n) is 17.0. The van der Waals surface area contributed by atoms with Crippen LogP contribution in [0, 0.1) is 11.8 Å². The molecular weight excluding hydrogens is 364 g/mol. The molecule has 6 unspecified atom stereocenters. The zero-order valence-corrected chi connectivity index (χ0v) is 17.0. The largest absolute Gasteiger partial charge is 0.493 e. The number of carbonyl (C=O) groups excluding carboxylic acids is 2. The fourth-order valence-electron chi connectivity index (χ4n) is 3.46. The monoisotopic (exact) mass is 394 g/mol. The summed E-state index contributed by atoms with van der Waals surface area (Å²) in [5.74, 6) is -1.32. The molecule has 0 spiro atoms. The van der Waals surface area contributed by atoms with Gasteiger partial charge < -0.3 is 24.8 Å². The first-order valence-electron chi connectivity index (χ1n) is 9.50. The van der Waals surface area contributed by atoms with Gasteiger partial charge in [0.15, 0.2) is 11.4 Å². The van der Waals surface area contributed by atoms with Gasteiger partial charge in [0.05, 0.1) is 18.6 Å². The number of aliphatic hydroxyl groups is 3. The van der Waals surface area contributed by atoms with E-state index < -0.39 is 41.1 Å². The fourth-order valence-corrected chi connectivity index (χ4v) is 3.46. The third-order valence-electron chi connectivity index (χ3n) is 5.54. The Hall–Kier alpha value is -1.96. The number of ketones is 1. The molecule has 0 radical (unpaired) electrons. The summed E-state index contributed by atoms with van der Waals surface area (Å²) in [7, 11) is 0. The van der Waals surface area contributed by atoms with Crippen molar-refractivity contribution in [1.82, 2.24) is 0 Å². The first kappa shape index (κ1) is 22.3. The number of aliphatic hydroxyl groups excluding tert-OH is 1. The van der Waals surface area contributed by atoms with Crippen LogP contribution in [0.15, 0.2) is 35.6 Å². The molecule has 0 bridgehead atoms. The van der Waals surface area contributed by atoms with Gasteiger partial charge in [0.2, 0.25) is 0 Å². The number of rotatable bonds is 6. The first-order chi connectivity index (χ1) is 12.9. The van der Waals surface area contributed by atoms with Gasteiger partial charge in [-0.1, -0.05) is 20.3 Å². The maximum atomic E-state index is 12.3. The van der Waals surface area contributed by atoms with Crippen molar-refractivity contribution < 1.29 is 34.4 Å². The van der Waals surface area contributed by atoms with Gasteiger partial charge in [-0.2, -0.15) is 0 Å². The number of hydrogen-bond donors (Lipinski definition) is 3. The normalized spacial score (nSPS) is 31.8. The maximum absolute atomic E-state index is 12.3. The Morgan fingerprint density at radius 3 is 2.71 bits per heavy atom. The Balaban J connectivity index is 2.27. The molecule has 0 fully saturated rings. The molecule has 0 saturated carbocycles. The average molecular weight is 394 g/mol. The second-order valence-corrected chi connectivity index (χ2v) is 8.04. The van der Waals surface area contributed by atoms with E-state index in [1.807, 2.05) is 13.8 Å². The van der Waals surface area contributed by atoms with E-state index in [0.717, 1.165) is 6.42 Å². The molecule has 0 aromatic carbocycles. The van der Waals surface area contributed by atoms with Crippen LogP contribution in [0.5, 0.6) is 0 Å². The van der Waals surface area contributed by atoms with Gasteiger partial charge in [-0.05, 0) is 49.6 Å². The minimum Gasteiger partial charge on any atom is -0.493 e. The Bertz CT molecular complexity index is 714. The molecule has 1 aliphatic carbocycles. The summed E-state index contributed by atoms with van der Waals surface area (Å²) < 4.78 is 10.9. The molecule has 6 atom stereocenters. The molecule has 2 aliphatic rings. The highest BCUT2D eigenvalue weighted by Gasteiger charge is 2.50. The number of hydrogen-bond acceptors (Lipinski definition) is 7. The Morgan fingerprint density at radius 1 is 1.50 bits per heavy atom. The zero-order chi connectivity index (χ0) is 21.3. The van der Waals surface area contributed by atoms with E-state index in [-0.39, 0.29) is 12.5 Å². The van der Waals surface area contributed by atoms with Crippen molar-refractivity contribution in [2.45, 2.75) is 64.4 Å². The van der Waals surface area contributed by atoms with Gasteiger partial charge in [-0.15, -0.1) is 0 Å². The second-order valence-electron chi connectivity index (χ2n) is 8.04. The molecule has 2 rings (SSSR count). The van der Waals surface area contributed by atoms with Gasteiger partial charge in [0, 0.05) is 6.92 Å². The predicted molar refractivity (Wildman–Crippen MR) is 102 cm³/mol. The summed E-state index contributed by atoms with van der Waals surface area (Å²) in [6.07, 6.45) is 4.67. The van der Waals surface area contributed by atoms with Crippen LogP contribution >= 0.6 is 0 Å². The third-order valence-corrected chi connectivity index (χ3v) is 5.54. The van der Waals surface area contributed by atoms with Crippen LogP contribution in [-0.2, 0) is 19.1 Å². The lowest BCUT2D eigenvalue weighted by molar-refractivity contribution is -0.174. The summed E-state index contributed by atoms with van der Waals surface area (Å²) in [4.78, 5) is 23.7. The average Bonchev–Trinajstić information content (AvgIpc) is 2.62. The Kier molecular flexibility index (Phi) is 6.53. The number of esters is 1. The molecule has 7 heteroatoms. The van der Waals surface area contributed by atoms with Gasteiger partial charge >= 0.3 is 5.97 Å². The standard InChI is InChI=1S/C21H30O7/c1-6-12(2)18(24)20(4,25)8-7-15-9-14-10-17(23)21(5,26)19(28-13(3)22)16(14)11-27-15/h7-10,12,16,18-19,24-26H,6,11H2,1-5H3/b8-7+. The van der Waals surface area contributed by atoms with Gasteiger partial charge in [-0.3, -0.25) is 9.59 Å². The molecule has 0 aromatic rings. The molecule has 0 aromatic heterocycles. The molecule has 3 N–H and O–H groups in total. The van der Waals surface area contributed by atoms with Crippen LogP contribution in [0.4, 0.5) is 0 Å². The number of fused-ring (bicyclic) bond motifs is 1. The topological polar surface area (TPSA) is 113 Å². The molecule has 1 aliphatic heterocycles. The van der Waals surface area contributed by atoms with Gasteiger partial charge in [0.25, 0.3) is 0 Å². The van der Waals surface area contributed by atoms with E-state index in [4.69, 9.17) is 9.47 Å². The van der Waals surface area contributed by atoms with E-state index >= 15 is 0 Å². The van der Waals surface area contributed by atoms with Crippen LogP contribution in [0.2, 0.25) is 0 Å². The first-order valence-corrected chi connectivity index (χ1v) is 9.50. The van der Waals surface area contributed by atoms with Crippen LogP contribution in [0.1, 0.15) is 41.0 Å². The van der Waals surface area contributed by atoms with Crippen molar-refractivity contribution in [2.24, 2.45) is 11.8 Å². The van der Waals surface area contributed by atoms with Crippen LogP contribution in [0.25, 0.3) is 0 Å². The third kappa shape index (κ3) is 4.54. The van der Waals surface area contributed by atoms with E-state index in [9.17, 15) is 24.9 Å². The highest BCUT2D eigenvalue weighted by Crippen LogP contribution is 2.37. The van der Waals surface area contributed by atoms with Crippen molar-refractivity contribution in [2.75, 3.05) is 6.61 Å². The smallest absolute Gasteiger partial charge is 0.303 e. The van der Waals surface area contributed by atoms with Crippen LogP contribution < -0.4 is 0 Å². The lowest BCUT2D eigenvalue weighted by Crippen LogP contribution is -2.56. The SMILES string of the molecule is CCC(C)C(O)C(C)(O)/C=C/C1=CC2=CC(=O)C(C)(O)C(OC(C)=O)C2CO1. The Morgan fingerprint density at radius 2 is 2.14 bits per heavy atom. The summed E-state index contributed by atoms with van der Waals surface area (Å²) >= 11 is 0. The van der Waals surface area contributed by atoms with E-state index in [0.29, 0.717) is 11.3 Å². The highest BCUT2D eigenvalue weighted by molar-refractivity contribution is 5.99. The van der Waals surface area contributed by atoms with Crippen molar-refractivity contribution in [3.05, 3.63) is 35.6 Å². The molecule has 7 nitrogen and oxygen atoms in total. The quantitative estimate of drug-likeness (QED) is 0.584. The number of ether oxygens (including phenoxy) is 2. The Labute approximate surface area is 165 Å². The van der Waals surface area contributed by atoms with Crippen molar-refractivity contribution >= 4 is 11.8 Å². The number of allylic oxidation sites excluding steroid dienone is 2. The van der Waals surface area contributed by atoms with Crippen molar-refractivity contribution in [3.8, 4) is 0 Å². The lowest BCUT2D eigenvalue weighted by atomic mass is 9.75. The minimum absolute atomic E-state index is 0.0873. The molecule has 0 saturated heterocycles. The van der Waals surface area contributed by atoms with Gasteiger partial charge in [-0.25, -0.2) is 0 Å². The van der Waals surface area contributed by atoms with E-state index in [1.54, 1.807) is 12.2 Å². The summed E-state index contributed by atoms with van der Waals surface area (Å²) in [6.45, 7) is 7.94. The van der Waals surface area contributed by atoms with Crippen LogP contribution in [-0.4, -0.2) is 57.1 Å². The molecule has 0 amide bonds. The second kappa shape index (κ2) is 8.19. The predicted octanol–water partition coefficient (Wildman–Crippen LogP) is 1.42. The van der Waals surface area contributed by atoms with E-state index in [2.05, 4.69) is 0 Å². The molecule has 156 valence electrons. The maximum Gasteiger partial charge on any atom is 0.303 e. The van der Waals surface area contributed by atoms with E-state index in [1.165, 1.54) is 32.9 Å².